The second-order valence-electron chi connectivity index (χ2n) is 8.40. The Hall–Kier alpha value is -3.42. The van der Waals surface area contributed by atoms with Crippen molar-refractivity contribution in [3.63, 3.8) is 0 Å². The van der Waals surface area contributed by atoms with Gasteiger partial charge in [-0.15, -0.1) is 0 Å². The SMILES string of the molecule is COc1ccc([C@@H]2CC=C(C(=O)O)[C@H](c3ccc(C)cc3)N2S(=O)(=O)c2ccccc2C)cc1. The Morgan fingerprint density at radius 1 is 0.941 bits per heavy atom. The van der Waals surface area contributed by atoms with Gasteiger partial charge in [0, 0.05) is 0 Å². The van der Waals surface area contributed by atoms with Crippen molar-refractivity contribution >= 4 is 16.0 Å². The lowest BCUT2D eigenvalue weighted by atomic mass is 9.89. The Balaban J connectivity index is 1.97. The number of ether oxygens (including phenoxy) is 1. The number of carbonyl (C=O) groups is 1. The summed E-state index contributed by atoms with van der Waals surface area (Å²) in [5.74, 6) is -0.478. The van der Waals surface area contributed by atoms with Crippen molar-refractivity contribution in [3.8, 4) is 5.75 Å². The van der Waals surface area contributed by atoms with E-state index in [2.05, 4.69) is 0 Å². The van der Waals surface area contributed by atoms with Crippen LogP contribution in [0.3, 0.4) is 0 Å². The fourth-order valence-corrected chi connectivity index (χ4v) is 6.43. The lowest BCUT2D eigenvalue weighted by molar-refractivity contribution is -0.133. The molecule has 0 aliphatic carbocycles. The molecule has 176 valence electrons. The van der Waals surface area contributed by atoms with Gasteiger partial charge in [-0.25, -0.2) is 13.2 Å². The molecule has 3 aromatic rings. The van der Waals surface area contributed by atoms with Gasteiger partial charge >= 0.3 is 5.97 Å². The number of aliphatic carboxylic acids is 1. The molecule has 0 bridgehead atoms. The van der Waals surface area contributed by atoms with Gasteiger partial charge in [-0.05, 0) is 55.2 Å². The highest BCUT2D eigenvalue weighted by molar-refractivity contribution is 7.89. The van der Waals surface area contributed by atoms with Crippen molar-refractivity contribution in [1.29, 1.82) is 0 Å². The van der Waals surface area contributed by atoms with Crippen molar-refractivity contribution in [1.82, 2.24) is 4.31 Å². The van der Waals surface area contributed by atoms with Crippen molar-refractivity contribution in [2.45, 2.75) is 37.2 Å². The van der Waals surface area contributed by atoms with E-state index >= 15 is 0 Å². The molecule has 0 unspecified atom stereocenters. The highest BCUT2D eigenvalue weighted by Gasteiger charge is 2.44. The largest absolute Gasteiger partial charge is 0.497 e. The van der Waals surface area contributed by atoms with Crippen LogP contribution in [0.1, 0.15) is 40.8 Å². The number of rotatable bonds is 6. The maximum Gasteiger partial charge on any atom is 0.333 e. The van der Waals surface area contributed by atoms with Crippen LogP contribution < -0.4 is 4.74 Å². The number of nitrogens with zero attached hydrogens (tertiary/aromatic N) is 1. The molecule has 0 spiro atoms. The molecular weight excluding hydrogens is 450 g/mol. The minimum atomic E-state index is -4.08. The topological polar surface area (TPSA) is 83.9 Å². The predicted molar refractivity (Wildman–Crippen MR) is 130 cm³/mol. The molecule has 0 saturated heterocycles. The van der Waals surface area contributed by atoms with Crippen LogP contribution in [-0.4, -0.2) is 30.9 Å². The Morgan fingerprint density at radius 2 is 1.56 bits per heavy atom. The Labute approximate surface area is 200 Å². The molecule has 1 aliphatic heterocycles. The number of hydrogen-bond acceptors (Lipinski definition) is 4. The van der Waals surface area contributed by atoms with Gasteiger partial charge in [0.15, 0.2) is 0 Å². The number of carboxylic acids is 1. The number of sulfonamides is 1. The van der Waals surface area contributed by atoms with Gasteiger partial charge in [-0.2, -0.15) is 4.31 Å². The van der Waals surface area contributed by atoms with E-state index < -0.39 is 28.1 Å². The number of hydrogen-bond donors (Lipinski definition) is 1. The van der Waals surface area contributed by atoms with Crippen LogP contribution in [0.5, 0.6) is 5.75 Å². The van der Waals surface area contributed by atoms with Gasteiger partial charge in [0.2, 0.25) is 10.0 Å². The fraction of sp³-hybridized carbons (Fsp3) is 0.222. The molecule has 1 aliphatic rings. The molecule has 3 aromatic carbocycles. The molecule has 1 heterocycles. The third-order valence-corrected chi connectivity index (χ3v) is 8.24. The lowest BCUT2D eigenvalue weighted by Gasteiger charge is -2.41. The first-order chi connectivity index (χ1) is 16.2. The molecular formula is C27H27NO5S. The molecule has 6 nitrogen and oxygen atoms in total. The van der Waals surface area contributed by atoms with Crippen molar-refractivity contribution in [2.24, 2.45) is 0 Å². The second-order valence-corrected chi connectivity index (χ2v) is 10.2. The third kappa shape index (κ3) is 4.36. The van der Waals surface area contributed by atoms with Crippen molar-refractivity contribution < 1.29 is 23.1 Å². The van der Waals surface area contributed by atoms with Crippen LogP contribution in [0, 0.1) is 13.8 Å². The minimum absolute atomic E-state index is 0.0470. The van der Waals surface area contributed by atoms with Crippen molar-refractivity contribution in [3.05, 3.63) is 107 Å². The fourth-order valence-electron chi connectivity index (χ4n) is 4.43. The van der Waals surface area contributed by atoms with Gasteiger partial charge in [-0.3, -0.25) is 0 Å². The normalized spacial score (nSPS) is 18.9. The van der Waals surface area contributed by atoms with E-state index in [1.165, 1.54) is 4.31 Å². The first-order valence-electron chi connectivity index (χ1n) is 11.0. The Kier molecular flexibility index (Phi) is 6.59. The summed E-state index contributed by atoms with van der Waals surface area (Å²) in [5.41, 5.74) is 3.02. The minimum Gasteiger partial charge on any atom is -0.497 e. The summed E-state index contributed by atoms with van der Waals surface area (Å²) in [7, 11) is -2.51. The highest BCUT2D eigenvalue weighted by Crippen LogP contribution is 2.46. The third-order valence-electron chi connectivity index (χ3n) is 6.21. The number of aryl methyl sites for hydroxylation is 2. The zero-order chi connectivity index (χ0) is 24.5. The molecule has 0 saturated carbocycles. The maximum absolute atomic E-state index is 14.2. The maximum atomic E-state index is 14.2. The summed E-state index contributed by atoms with van der Waals surface area (Å²) in [6.45, 7) is 3.68. The zero-order valence-corrected chi connectivity index (χ0v) is 20.1. The molecule has 2 atom stereocenters. The lowest BCUT2D eigenvalue weighted by Crippen LogP contribution is -2.42. The van der Waals surface area contributed by atoms with E-state index in [1.54, 1.807) is 68.6 Å². The average Bonchev–Trinajstić information content (AvgIpc) is 2.84. The molecule has 34 heavy (non-hydrogen) atoms. The molecule has 0 amide bonds. The highest BCUT2D eigenvalue weighted by atomic mass is 32.2. The van der Waals surface area contributed by atoms with Crippen LogP contribution >= 0.6 is 0 Å². The summed E-state index contributed by atoms with van der Waals surface area (Å²) >= 11 is 0. The van der Waals surface area contributed by atoms with Crippen molar-refractivity contribution in [2.75, 3.05) is 7.11 Å². The van der Waals surface area contributed by atoms with Gasteiger partial charge in [-0.1, -0.05) is 66.2 Å². The Morgan fingerprint density at radius 3 is 2.15 bits per heavy atom. The second kappa shape index (κ2) is 9.44. The van der Waals surface area contributed by atoms with E-state index in [0.29, 0.717) is 16.9 Å². The van der Waals surface area contributed by atoms with E-state index in [4.69, 9.17) is 4.74 Å². The summed E-state index contributed by atoms with van der Waals surface area (Å²) in [6.07, 6.45) is 1.88. The molecule has 0 aromatic heterocycles. The first kappa shape index (κ1) is 23.7. The van der Waals surface area contributed by atoms with Crippen LogP contribution in [0.2, 0.25) is 0 Å². The van der Waals surface area contributed by atoms with E-state index in [9.17, 15) is 18.3 Å². The quantitative estimate of drug-likeness (QED) is 0.528. The standard InChI is InChI=1S/C27H27NO5S/c1-18-8-10-21(11-9-18)26-23(27(29)30)16-17-24(20-12-14-22(33-3)15-13-20)28(26)34(31,32)25-7-5-4-6-19(25)2/h4-16,24,26H,17H2,1-3H3,(H,29,30)/t24-,26-/m0/s1. The number of carboxylic acid groups (broad SMARTS) is 1. The number of benzene rings is 3. The van der Waals surface area contributed by atoms with E-state index in [1.807, 2.05) is 31.2 Å². The molecule has 0 radical (unpaired) electrons. The van der Waals surface area contributed by atoms with Gasteiger partial charge < -0.3 is 9.84 Å². The average molecular weight is 478 g/mol. The van der Waals surface area contributed by atoms with Gasteiger partial charge in [0.05, 0.1) is 29.7 Å². The molecule has 1 N–H and O–H groups in total. The van der Waals surface area contributed by atoms with E-state index in [-0.39, 0.29) is 16.9 Å². The van der Waals surface area contributed by atoms with E-state index in [0.717, 1.165) is 11.1 Å². The van der Waals surface area contributed by atoms with Gasteiger partial charge in [0.25, 0.3) is 0 Å². The van der Waals surface area contributed by atoms with Crippen LogP contribution in [-0.2, 0) is 14.8 Å². The van der Waals surface area contributed by atoms with Crippen LogP contribution in [0.15, 0.2) is 89.3 Å². The molecule has 7 heteroatoms. The first-order valence-corrected chi connectivity index (χ1v) is 12.4. The molecule has 0 fully saturated rings. The van der Waals surface area contributed by atoms with Crippen LogP contribution in [0.4, 0.5) is 0 Å². The summed E-state index contributed by atoms with van der Waals surface area (Å²) in [6, 6.07) is 19.8. The summed E-state index contributed by atoms with van der Waals surface area (Å²) in [4.78, 5) is 12.5. The monoisotopic (exact) mass is 477 g/mol. The molecule has 4 rings (SSSR count). The van der Waals surface area contributed by atoms with Crippen LogP contribution in [0.25, 0.3) is 0 Å². The zero-order valence-electron chi connectivity index (χ0n) is 19.3. The Bertz CT molecular complexity index is 1330. The summed E-state index contributed by atoms with van der Waals surface area (Å²) < 4.78 is 35.1. The number of methoxy groups -OCH3 is 1. The van der Waals surface area contributed by atoms with Gasteiger partial charge in [0.1, 0.15) is 5.75 Å². The smallest absolute Gasteiger partial charge is 0.333 e. The predicted octanol–water partition coefficient (Wildman–Crippen LogP) is 5.20. The summed E-state index contributed by atoms with van der Waals surface area (Å²) in [5, 5.41) is 10.1.